The highest BCUT2D eigenvalue weighted by Gasteiger charge is 2.29. The van der Waals surface area contributed by atoms with Crippen molar-refractivity contribution in [1.29, 1.82) is 0 Å². The number of anilines is 1. The molecule has 0 aliphatic rings. The number of carbonyl (C=O) groups excluding carboxylic acids is 1. The highest BCUT2D eigenvalue weighted by Crippen LogP contribution is 2.29. The van der Waals surface area contributed by atoms with Crippen LogP contribution in [0.1, 0.15) is 16.1 Å². The zero-order chi connectivity index (χ0) is 20.1. The number of halogens is 3. The molecule has 0 unspecified atom stereocenters. The number of para-hydroxylation sites is 1. The normalized spacial score (nSPS) is 11.2. The molecule has 28 heavy (non-hydrogen) atoms. The van der Waals surface area contributed by atoms with Gasteiger partial charge in [-0.15, -0.1) is 0 Å². The van der Waals surface area contributed by atoms with Gasteiger partial charge in [-0.2, -0.15) is 13.2 Å². The van der Waals surface area contributed by atoms with Crippen molar-refractivity contribution in [2.75, 3.05) is 18.4 Å². The molecule has 0 saturated heterocycles. The molecule has 3 aromatic rings. The number of H-pyrrole nitrogens is 1. The third kappa shape index (κ3) is 5.01. The summed E-state index contributed by atoms with van der Waals surface area (Å²) in [4.78, 5) is 15.2. The predicted molar refractivity (Wildman–Crippen MR) is 106 cm³/mol. The Kier molecular flexibility index (Phi) is 5.84. The number of alkyl halides is 3. The van der Waals surface area contributed by atoms with Gasteiger partial charge in [0.1, 0.15) is 5.69 Å². The van der Waals surface area contributed by atoms with E-state index in [0.717, 1.165) is 23.0 Å². The van der Waals surface area contributed by atoms with Crippen LogP contribution < -0.4 is 16.0 Å². The Morgan fingerprint density at radius 3 is 2.36 bits per heavy atom. The van der Waals surface area contributed by atoms with Gasteiger partial charge in [0.05, 0.1) is 5.56 Å². The lowest BCUT2D eigenvalue weighted by molar-refractivity contribution is -0.137. The van der Waals surface area contributed by atoms with Crippen LogP contribution in [0.25, 0.3) is 10.9 Å². The van der Waals surface area contributed by atoms with Crippen LogP contribution in [0.3, 0.4) is 0 Å². The van der Waals surface area contributed by atoms with E-state index < -0.39 is 11.7 Å². The van der Waals surface area contributed by atoms with Crippen molar-refractivity contribution >= 4 is 39.8 Å². The van der Waals surface area contributed by atoms with Gasteiger partial charge in [0.2, 0.25) is 0 Å². The van der Waals surface area contributed by atoms with Gasteiger partial charge in [-0.3, -0.25) is 4.79 Å². The summed E-state index contributed by atoms with van der Waals surface area (Å²) in [6, 6.07) is 13.9. The van der Waals surface area contributed by atoms with Gasteiger partial charge in [-0.25, -0.2) is 0 Å². The summed E-state index contributed by atoms with van der Waals surface area (Å²) in [7, 11) is 0. The van der Waals surface area contributed by atoms with Crippen LogP contribution in [0.2, 0.25) is 0 Å². The maximum Gasteiger partial charge on any atom is 0.416 e. The Morgan fingerprint density at radius 1 is 1.00 bits per heavy atom. The lowest BCUT2D eigenvalue weighted by Crippen LogP contribution is -2.36. The van der Waals surface area contributed by atoms with E-state index in [2.05, 4.69) is 20.9 Å². The van der Waals surface area contributed by atoms with Gasteiger partial charge in [0.25, 0.3) is 5.91 Å². The molecule has 1 heterocycles. The monoisotopic (exact) mass is 406 g/mol. The molecular formula is C19H17F3N4OS. The van der Waals surface area contributed by atoms with Gasteiger partial charge >= 0.3 is 6.18 Å². The highest BCUT2D eigenvalue weighted by molar-refractivity contribution is 7.80. The molecule has 5 nitrogen and oxygen atoms in total. The molecule has 146 valence electrons. The number of rotatable bonds is 5. The van der Waals surface area contributed by atoms with Crippen LogP contribution in [-0.2, 0) is 6.18 Å². The smallest absolute Gasteiger partial charge is 0.361 e. The number of aromatic amines is 1. The summed E-state index contributed by atoms with van der Waals surface area (Å²) in [6.45, 7) is 0.682. The molecule has 2 aromatic carbocycles. The van der Waals surface area contributed by atoms with Crippen LogP contribution in [0.15, 0.2) is 54.6 Å². The van der Waals surface area contributed by atoms with Gasteiger partial charge in [-0.1, -0.05) is 18.2 Å². The molecule has 0 spiro atoms. The summed E-state index contributed by atoms with van der Waals surface area (Å²) in [5, 5.41) is 9.63. The second-order valence-corrected chi connectivity index (χ2v) is 6.39. The molecule has 0 saturated carbocycles. The summed E-state index contributed by atoms with van der Waals surface area (Å²) in [5.74, 6) is -0.236. The number of thiocarbonyl (C=S) groups is 1. The second kappa shape index (κ2) is 8.30. The summed E-state index contributed by atoms with van der Waals surface area (Å²) < 4.78 is 37.6. The third-order valence-corrected chi connectivity index (χ3v) is 4.19. The molecule has 0 atom stereocenters. The van der Waals surface area contributed by atoms with Gasteiger partial charge in [0, 0.05) is 29.7 Å². The topological polar surface area (TPSA) is 69.0 Å². The van der Waals surface area contributed by atoms with Crippen molar-refractivity contribution < 1.29 is 18.0 Å². The minimum absolute atomic E-state index is 0.236. The fraction of sp³-hybridized carbons (Fsp3) is 0.158. The number of benzene rings is 2. The maximum absolute atomic E-state index is 12.5. The Labute approximate surface area is 164 Å². The largest absolute Gasteiger partial charge is 0.416 e. The summed E-state index contributed by atoms with van der Waals surface area (Å²) in [6.07, 6.45) is -4.37. The van der Waals surface area contributed by atoms with Crippen LogP contribution >= 0.6 is 12.2 Å². The van der Waals surface area contributed by atoms with Crippen LogP contribution in [-0.4, -0.2) is 29.1 Å². The zero-order valence-electron chi connectivity index (χ0n) is 14.6. The summed E-state index contributed by atoms with van der Waals surface area (Å²) >= 11 is 5.10. The van der Waals surface area contributed by atoms with E-state index in [9.17, 15) is 18.0 Å². The lowest BCUT2D eigenvalue weighted by Gasteiger charge is -2.12. The molecule has 1 aromatic heterocycles. The molecule has 3 rings (SSSR count). The first-order valence-electron chi connectivity index (χ1n) is 8.41. The van der Waals surface area contributed by atoms with Crippen LogP contribution in [0.4, 0.5) is 18.9 Å². The first-order valence-corrected chi connectivity index (χ1v) is 8.82. The maximum atomic E-state index is 12.5. The molecular weight excluding hydrogens is 389 g/mol. The SMILES string of the molecule is O=C(NCCNC(=S)Nc1ccc(C(F)(F)F)cc1)c1cc2ccccc2[nH]1. The van der Waals surface area contributed by atoms with Crippen molar-refractivity contribution in [3.63, 3.8) is 0 Å². The molecule has 1 amide bonds. The van der Waals surface area contributed by atoms with E-state index in [0.29, 0.717) is 24.5 Å². The fourth-order valence-electron chi connectivity index (χ4n) is 2.56. The first-order chi connectivity index (χ1) is 13.3. The molecule has 0 bridgehead atoms. The number of fused-ring (bicyclic) bond motifs is 1. The van der Waals surface area contributed by atoms with Crippen LogP contribution in [0.5, 0.6) is 0 Å². The van der Waals surface area contributed by atoms with Crippen molar-refractivity contribution in [2.45, 2.75) is 6.18 Å². The molecule has 0 aliphatic carbocycles. The minimum Gasteiger partial charge on any atom is -0.361 e. The van der Waals surface area contributed by atoms with Gasteiger partial charge < -0.3 is 20.9 Å². The second-order valence-electron chi connectivity index (χ2n) is 5.98. The number of nitrogens with one attached hydrogen (secondary N) is 4. The standard InChI is InChI=1S/C19H17F3N4OS/c20-19(21,22)13-5-7-14(8-6-13)25-18(28)24-10-9-23-17(27)16-11-12-3-1-2-4-15(12)26-16/h1-8,11,26H,9-10H2,(H,23,27)(H2,24,25,28). The zero-order valence-corrected chi connectivity index (χ0v) is 15.4. The minimum atomic E-state index is -4.37. The van der Waals surface area contributed by atoms with Crippen molar-refractivity contribution in [2.24, 2.45) is 0 Å². The van der Waals surface area contributed by atoms with E-state index in [1.807, 2.05) is 24.3 Å². The average molecular weight is 406 g/mol. The Hall–Kier alpha value is -3.07. The van der Waals surface area contributed by atoms with Crippen molar-refractivity contribution in [3.05, 3.63) is 65.9 Å². The highest BCUT2D eigenvalue weighted by atomic mass is 32.1. The third-order valence-electron chi connectivity index (χ3n) is 3.94. The quantitative estimate of drug-likeness (QED) is 0.383. The first kappa shape index (κ1) is 19.7. The molecule has 0 fully saturated rings. The van der Waals surface area contributed by atoms with E-state index in [1.54, 1.807) is 6.07 Å². The van der Waals surface area contributed by atoms with Gasteiger partial charge in [-0.05, 0) is 48.6 Å². The Balaban J connectivity index is 1.42. The van der Waals surface area contributed by atoms with Crippen molar-refractivity contribution in [3.8, 4) is 0 Å². The molecule has 0 radical (unpaired) electrons. The predicted octanol–water partition coefficient (Wildman–Crippen LogP) is 3.90. The Morgan fingerprint density at radius 2 is 1.68 bits per heavy atom. The number of hydrogen-bond donors (Lipinski definition) is 4. The van der Waals surface area contributed by atoms with E-state index in [1.165, 1.54) is 12.1 Å². The average Bonchev–Trinajstić information content (AvgIpc) is 3.09. The van der Waals surface area contributed by atoms with E-state index >= 15 is 0 Å². The lowest BCUT2D eigenvalue weighted by atomic mass is 10.2. The number of amides is 1. The Bertz CT molecular complexity index is 950. The van der Waals surface area contributed by atoms with Crippen LogP contribution in [0, 0.1) is 0 Å². The molecule has 4 N–H and O–H groups in total. The van der Waals surface area contributed by atoms with Crippen molar-refractivity contribution in [1.82, 2.24) is 15.6 Å². The van der Waals surface area contributed by atoms with E-state index in [-0.39, 0.29) is 11.0 Å². The fourth-order valence-corrected chi connectivity index (χ4v) is 2.78. The summed E-state index contributed by atoms with van der Waals surface area (Å²) in [5.41, 5.74) is 1.06. The number of aromatic nitrogens is 1. The van der Waals surface area contributed by atoms with Gasteiger partial charge in [0.15, 0.2) is 5.11 Å². The molecule has 0 aliphatic heterocycles. The molecule has 9 heteroatoms. The number of hydrogen-bond acceptors (Lipinski definition) is 2. The van der Waals surface area contributed by atoms with E-state index in [4.69, 9.17) is 12.2 Å². The number of carbonyl (C=O) groups is 1.